The molecule has 1 aliphatic rings. The third-order valence-corrected chi connectivity index (χ3v) is 4.48. The zero-order valence-corrected chi connectivity index (χ0v) is 14.3. The van der Waals surface area contributed by atoms with Gasteiger partial charge >= 0.3 is 0 Å². The molecular weight excluding hydrogens is 337 g/mol. The normalized spacial score (nSPS) is 14.7. The van der Waals surface area contributed by atoms with Gasteiger partial charge in [0.05, 0.1) is 19.0 Å². The fraction of sp³-hybridized carbons (Fsp3) is 0.278. The van der Waals surface area contributed by atoms with E-state index in [0.29, 0.717) is 49.1 Å². The van der Waals surface area contributed by atoms with Crippen LogP contribution in [-0.2, 0) is 0 Å². The van der Waals surface area contributed by atoms with Crippen molar-refractivity contribution in [2.45, 2.75) is 0 Å². The zero-order valence-electron chi connectivity index (χ0n) is 14.3. The predicted octanol–water partition coefficient (Wildman–Crippen LogP) is 1.84. The first-order valence-corrected chi connectivity index (χ1v) is 8.35. The topological polar surface area (TPSA) is 63.0 Å². The number of benzene rings is 1. The highest BCUT2D eigenvalue weighted by Gasteiger charge is 2.25. The van der Waals surface area contributed by atoms with E-state index in [1.165, 1.54) is 17.7 Å². The molecule has 0 N–H and O–H groups in total. The smallest absolute Gasteiger partial charge is 0.274 e. The Balaban J connectivity index is 1.47. The quantitative estimate of drug-likeness (QED) is 0.717. The van der Waals surface area contributed by atoms with E-state index in [1.54, 1.807) is 35.4 Å². The van der Waals surface area contributed by atoms with Crippen LogP contribution in [-0.4, -0.2) is 58.7 Å². The van der Waals surface area contributed by atoms with Gasteiger partial charge in [-0.15, -0.1) is 5.10 Å². The highest BCUT2D eigenvalue weighted by atomic mass is 19.1. The molecule has 0 unspecified atom stereocenters. The van der Waals surface area contributed by atoms with E-state index < -0.39 is 0 Å². The highest BCUT2D eigenvalue weighted by molar-refractivity contribution is 5.93. The molecule has 3 aromatic rings. The number of piperazine rings is 1. The minimum absolute atomic E-state index is 0.150. The predicted molar refractivity (Wildman–Crippen MR) is 94.1 cm³/mol. The number of fused-ring (bicyclic) bond motifs is 1. The standard InChI is InChI=1S/C18H18FN5O2/c1-26-17-7-6-16-20-14(12-24(16)21-17)18(25)23-10-8-22(9-11-23)15-5-3-2-4-13(15)19/h2-7,12H,8-11H2,1H3. The van der Waals surface area contributed by atoms with E-state index in [1.807, 2.05) is 11.0 Å². The molecule has 0 saturated carbocycles. The second-order valence-electron chi connectivity index (χ2n) is 6.04. The summed E-state index contributed by atoms with van der Waals surface area (Å²) in [6.07, 6.45) is 1.60. The maximum absolute atomic E-state index is 13.9. The highest BCUT2D eigenvalue weighted by Crippen LogP contribution is 2.21. The molecular formula is C18H18FN5O2. The van der Waals surface area contributed by atoms with Crippen LogP contribution in [0.25, 0.3) is 5.65 Å². The summed E-state index contributed by atoms with van der Waals surface area (Å²) >= 11 is 0. The number of ether oxygens (including phenoxy) is 1. The Morgan fingerprint density at radius 2 is 1.88 bits per heavy atom. The number of methoxy groups -OCH3 is 1. The number of aromatic nitrogens is 3. The Kier molecular flexibility index (Phi) is 4.16. The van der Waals surface area contributed by atoms with E-state index in [9.17, 15) is 9.18 Å². The molecule has 1 saturated heterocycles. The van der Waals surface area contributed by atoms with Crippen molar-refractivity contribution in [2.24, 2.45) is 0 Å². The minimum Gasteiger partial charge on any atom is -0.480 e. The van der Waals surface area contributed by atoms with Crippen LogP contribution in [0.4, 0.5) is 10.1 Å². The molecule has 0 radical (unpaired) electrons. The van der Waals surface area contributed by atoms with Gasteiger partial charge in [0.15, 0.2) is 5.65 Å². The van der Waals surface area contributed by atoms with Crippen molar-refractivity contribution >= 4 is 17.2 Å². The number of carbonyl (C=O) groups excluding carboxylic acids is 1. The molecule has 3 heterocycles. The molecule has 0 spiro atoms. The van der Waals surface area contributed by atoms with E-state index in [2.05, 4.69) is 10.1 Å². The molecule has 1 aliphatic heterocycles. The summed E-state index contributed by atoms with van der Waals surface area (Å²) in [5.41, 5.74) is 1.49. The average Bonchev–Trinajstić information content (AvgIpc) is 3.11. The molecule has 7 nitrogen and oxygen atoms in total. The van der Waals surface area contributed by atoms with Gasteiger partial charge in [0, 0.05) is 32.2 Å². The Morgan fingerprint density at radius 1 is 1.12 bits per heavy atom. The molecule has 134 valence electrons. The van der Waals surface area contributed by atoms with Crippen molar-refractivity contribution in [1.82, 2.24) is 19.5 Å². The van der Waals surface area contributed by atoms with Crippen molar-refractivity contribution < 1.29 is 13.9 Å². The van der Waals surface area contributed by atoms with Gasteiger partial charge in [-0.1, -0.05) is 12.1 Å². The van der Waals surface area contributed by atoms with Gasteiger partial charge < -0.3 is 14.5 Å². The molecule has 0 atom stereocenters. The zero-order chi connectivity index (χ0) is 18.1. The van der Waals surface area contributed by atoms with Crippen molar-refractivity contribution in [3.05, 3.63) is 54.1 Å². The molecule has 1 aromatic carbocycles. The summed E-state index contributed by atoms with van der Waals surface area (Å²) < 4.78 is 20.5. The minimum atomic E-state index is -0.243. The third kappa shape index (κ3) is 2.94. The number of nitrogens with zero attached hydrogens (tertiary/aromatic N) is 5. The summed E-state index contributed by atoms with van der Waals surface area (Å²) in [5.74, 6) is 0.0581. The van der Waals surface area contributed by atoms with Crippen LogP contribution >= 0.6 is 0 Å². The number of hydrogen-bond donors (Lipinski definition) is 0. The number of rotatable bonds is 3. The Labute approximate surface area is 149 Å². The molecule has 2 aromatic heterocycles. The third-order valence-electron chi connectivity index (χ3n) is 4.48. The molecule has 0 bridgehead atoms. The van der Waals surface area contributed by atoms with Crippen LogP contribution in [0.3, 0.4) is 0 Å². The number of carbonyl (C=O) groups is 1. The fourth-order valence-corrected chi connectivity index (χ4v) is 3.10. The summed E-state index contributed by atoms with van der Waals surface area (Å²) in [5, 5.41) is 4.21. The molecule has 1 amide bonds. The lowest BCUT2D eigenvalue weighted by Crippen LogP contribution is -2.49. The first-order chi connectivity index (χ1) is 12.7. The fourth-order valence-electron chi connectivity index (χ4n) is 3.10. The van der Waals surface area contributed by atoms with E-state index in [0.717, 1.165) is 0 Å². The molecule has 0 aliphatic carbocycles. The van der Waals surface area contributed by atoms with Gasteiger partial charge in [-0.3, -0.25) is 4.79 Å². The lowest BCUT2D eigenvalue weighted by Gasteiger charge is -2.35. The molecule has 8 heteroatoms. The van der Waals surface area contributed by atoms with Crippen molar-refractivity contribution in [3.8, 4) is 5.88 Å². The summed E-state index contributed by atoms with van der Waals surface area (Å²) in [6.45, 7) is 2.17. The van der Waals surface area contributed by atoms with E-state index in [-0.39, 0.29) is 11.7 Å². The van der Waals surface area contributed by atoms with Gasteiger partial charge in [0.2, 0.25) is 5.88 Å². The van der Waals surface area contributed by atoms with Crippen LogP contribution in [0.2, 0.25) is 0 Å². The van der Waals surface area contributed by atoms with E-state index >= 15 is 0 Å². The largest absolute Gasteiger partial charge is 0.480 e. The first-order valence-electron chi connectivity index (χ1n) is 8.35. The van der Waals surface area contributed by atoms with Gasteiger partial charge in [-0.05, 0) is 18.2 Å². The van der Waals surface area contributed by atoms with Gasteiger partial charge in [0.25, 0.3) is 5.91 Å². The molecule has 1 fully saturated rings. The Morgan fingerprint density at radius 3 is 2.62 bits per heavy atom. The summed E-state index contributed by atoms with van der Waals surface area (Å²) in [6, 6.07) is 10.1. The number of halogens is 1. The number of para-hydroxylation sites is 1. The van der Waals surface area contributed by atoms with Crippen molar-refractivity contribution in [3.63, 3.8) is 0 Å². The number of imidazole rings is 1. The maximum Gasteiger partial charge on any atom is 0.274 e. The Bertz CT molecular complexity index is 950. The number of amides is 1. The SMILES string of the molecule is COc1ccc2nc(C(=O)N3CCN(c4ccccc4F)CC3)cn2n1. The van der Waals surface area contributed by atoms with Crippen molar-refractivity contribution in [1.29, 1.82) is 0 Å². The van der Waals surface area contributed by atoms with Crippen LogP contribution < -0.4 is 9.64 Å². The monoisotopic (exact) mass is 355 g/mol. The van der Waals surface area contributed by atoms with Gasteiger partial charge in [-0.2, -0.15) is 0 Å². The second kappa shape index (κ2) is 6.62. The van der Waals surface area contributed by atoms with Crippen LogP contribution in [0, 0.1) is 5.82 Å². The average molecular weight is 355 g/mol. The Hall–Kier alpha value is -3.16. The van der Waals surface area contributed by atoms with Crippen LogP contribution in [0.5, 0.6) is 5.88 Å². The number of anilines is 1. The van der Waals surface area contributed by atoms with Crippen LogP contribution in [0.1, 0.15) is 10.5 Å². The van der Waals surface area contributed by atoms with E-state index in [4.69, 9.17) is 4.74 Å². The molecule has 4 rings (SSSR count). The van der Waals surface area contributed by atoms with Crippen molar-refractivity contribution in [2.75, 3.05) is 38.2 Å². The second-order valence-corrected chi connectivity index (χ2v) is 6.04. The van der Waals surface area contributed by atoms with Gasteiger partial charge in [-0.25, -0.2) is 13.9 Å². The van der Waals surface area contributed by atoms with Crippen LogP contribution in [0.15, 0.2) is 42.6 Å². The lowest BCUT2D eigenvalue weighted by molar-refractivity contribution is 0.0741. The first kappa shape index (κ1) is 16.3. The maximum atomic E-state index is 13.9. The number of hydrogen-bond acceptors (Lipinski definition) is 5. The van der Waals surface area contributed by atoms with Gasteiger partial charge in [0.1, 0.15) is 11.5 Å². The summed E-state index contributed by atoms with van der Waals surface area (Å²) in [7, 11) is 1.53. The summed E-state index contributed by atoms with van der Waals surface area (Å²) in [4.78, 5) is 20.8. The molecule has 26 heavy (non-hydrogen) atoms. The lowest BCUT2D eigenvalue weighted by atomic mass is 10.2.